The molecule has 31 heavy (non-hydrogen) atoms. The van der Waals surface area contributed by atoms with Crippen molar-refractivity contribution in [2.75, 3.05) is 66.0 Å². The molecule has 0 fully saturated rings. The molecule has 0 aliphatic heterocycles. The van der Waals surface area contributed by atoms with E-state index >= 15 is 0 Å². The van der Waals surface area contributed by atoms with Gasteiger partial charge in [0, 0.05) is 31.0 Å². The number of carbonyl (C=O) groups excluding carboxylic acids is 1. The summed E-state index contributed by atoms with van der Waals surface area (Å²) < 4.78 is 16.8. The summed E-state index contributed by atoms with van der Waals surface area (Å²) in [5, 5.41) is 37.9. The Hall–Kier alpha value is -1.31. The van der Waals surface area contributed by atoms with Crippen LogP contribution in [0.5, 0.6) is 0 Å². The molecule has 0 aromatic rings. The van der Waals surface area contributed by atoms with Gasteiger partial charge in [-0.1, -0.05) is 6.42 Å². The van der Waals surface area contributed by atoms with E-state index in [4.69, 9.17) is 46.2 Å². The van der Waals surface area contributed by atoms with Crippen LogP contribution in [0.2, 0.25) is 0 Å². The minimum atomic E-state index is -0.488. The van der Waals surface area contributed by atoms with E-state index in [1.54, 1.807) is 6.20 Å². The van der Waals surface area contributed by atoms with Gasteiger partial charge in [0.1, 0.15) is 12.4 Å². The molecule has 11 nitrogen and oxygen atoms in total. The first-order valence-corrected chi connectivity index (χ1v) is 10.6. The first-order valence-electron chi connectivity index (χ1n) is 10.6. The van der Waals surface area contributed by atoms with Gasteiger partial charge in [0.15, 0.2) is 0 Å². The Balaban J connectivity index is 4.47. The van der Waals surface area contributed by atoms with Crippen LogP contribution in [0.1, 0.15) is 25.7 Å². The van der Waals surface area contributed by atoms with Gasteiger partial charge in [-0.05, 0) is 12.8 Å². The van der Waals surface area contributed by atoms with Crippen molar-refractivity contribution in [1.82, 2.24) is 5.01 Å². The lowest BCUT2D eigenvalue weighted by atomic mass is 10.2. The van der Waals surface area contributed by atoms with Gasteiger partial charge in [-0.25, -0.2) is 5.84 Å². The molecule has 8 N–H and O–H groups in total. The summed E-state index contributed by atoms with van der Waals surface area (Å²) in [4.78, 5) is 10.3. The molecule has 0 rings (SSSR count). The fraction of sp³-hybridized carbons (Fsp3) is 0.850. The van der Waals surface area contributed by atoms with Crippen molar-refractivity contribution in [3.05, 3.63) is 11.9 Å². The minimum Gasteiger partial charge on any atom is -0.399 e. The van der Waals surface area contributed by atoms with Gasteiger partial charge in [-0.3, -0.25) is 0 Å². The number of rotatable bonds is 22. The predicted molar refractivity (Wildman–Crippen MR) is 114 cm³/mol. The average molecular weight is 452 g/mol. The van der Waals surface area contributed by atoms with Crippen LogP contribution in [-0.2, 0) is 19.0 Å². The minimum absolute atomic E-state index is 0.0864. The zero-order valence-electron chi connectivity index (χ0n) is 18.3. The lowest BCUT2D eigenvalue weighted by Gasteiger charge is -2.21. The molecule has 0 saturated carbocycles. The Morgan fingerprint density at radius 3 is 1.90 bits per heavy atom. The number of nitrogens with two attached hydrogens (primary N) is 2. The lowest BCUT2D eigenvalue weighted by Crippen LogP contribution is -2.32. The SMILES string of the molecule is N/C(=C\N(N)CCCCCC=O)COC(COCC(CO)CO)COCC(CO)CO. The van der Waals surface area contributed by atoms with Crippen molar-refractivity contribution in [3.8, 4) is 0 Å². The number of hydrazine groups is 1. The molecule has 0 aliphatic carbocycles. The maximum absolute atomic E-state index is 10.3. The van der Waals surface area contributed by atoms with E-state index in [2.05, 4.69) is 0 Å². The molecule has 0 amide bonds. The fourth-order valence-corrected chi connectivity index (χ4v) is 2.43. The van der Waals surface area contributed by atoms with E-state index in [0.717, 1.165) is 25.5 Å². The average Bonchev–Trinajstić information content (AvgIpc) is 2.77. The third kappa shape index (κ3) is 17.0. The number of unbranched alkanes of at least 4 members (excludes halogenated alkanes) is 3. The maximum atomic E-state index is 10.3. The predicted octanol–water partition coefficient (Wildman–Crippen LogP) is -1.66. The molecule has 11 heteroatoms. The molecule has 0 aliphatic rings. The number of nitrogens with zero attached hydrogens (tertiary/aromatic N) is 1. The van der Waals surface area contributed by atoms with Crippen molar-refractivity contribution < 1.29 is 39.4 Å². The maximum Gasteiger partial charge on any atom is 0.119 e. The number of ether oxygens (including phenoxy) is 3. The first kappa shape index (κ1) is 29.7. The third-order valence-electron chi connectivity index (χ3n) is 4.40. The lowest BCUT2D eigenvalue weighted by molar-refractivity contribution is -0.107. The van der Waals surface area contributed by atoms with Crippen molar-refractivity contribution >= 4 is 6.29 Å². The first-order chi connectivity index (χ1) is 15.0. The zero-order chi connectivity index (χ0) is 23.3. The van der Waals surface area contributed by atoms with Gasteiger partial charge in [-0.2, -0.15) is 0 Å². The summed E-state index contributed by atoms with van der Waals surface area (Å²) in [5.74, 6) is 5.14. The number of aldehydes is 1. The smallest absolute Gasteiger partial charge is 0.119 e. The molecule has 0 aromatic carbocycles. The molecule has 0 radical (unpaired) electrons. The van der Waals surface area contributed by atoms with Crippen molar-refractivity contribution in [2.45, 2.75) is 31.8 Å². The van der Waals surface area contributed by atoms with Crippen molar-refractivity contribution in [2.24, 2.45) is 23.4 Å². The van der Waals surface area contributed by atoms with Crippen LogP contribution in [0, 0.1) is 11.8 Å². The topological polar surface area (TPSA) is 181 Å². The van der Waals surface area contributed by atoms with Gasteiger partial charge in [-0.15, -0.1) is 0 Å². The third-order valence-corrected chi connectivity index (χ3v) is 4.40. The van der Waals surface area contributed by atoms with Crippen LogP contribution in [0.3, 0.4) is 0 Å². The normalized spacial score (nSPS) is 12.3. The molecule has 0 bridgehead atoms. The van der Waals surface area contributed by atoms with Crippen LogP contribution in [0.4, 0.5) is 0 Å². The van der Waals surface area contributed by atoms with Crippen LogP contribution in [0.15, 0.2) is 11.9 Å². The quantitative estimate of drug-likeness (QED) is 0.0480. The number of carbonyl (C=O) groups is 1. The highest BCUT2D eigenvalue weighted by Crippen LogP contribution is 2.04. The molecule has 0 spiro atoms. The largest absolute Gasteiger partial charge is 0.399 e. The zero-order valence-corrected chi connectivity index (χ0v) is 18.3. The molecule has 0 unspecified atom stereocenters. The second kappa shape index (κ2) is 20.6. The van der Waals surface area contributed by atoms with Crippen LogP contribution < -0.4 is 11.6 Å². The monoisotopic (exact) mass is 451 g/mol. The number of aliphatic hydroxyl groups is 4. The Kier molecular flexibility index (Phi) is 19.7. The van der Waals surface area contributed by atoms with Crippen molar-refractivity contribution in [3.63, 3.8) is 0 Å². The fourth-order valence-electron chi connectivity index (χ4n) is 2.43. The summed E-state index contributed by atoms with van der Waals surface area (Å²) in [6.45, 7) is 0.546. The van der Waals surface area contributed by atoms with Crippen molar-refractivity contribution in [1.29, 1.82) is 0 Å². The van der Waals surface area contributed by atoms with E-state index in [0.29, 0.717) is 18.7 Å². The van der Waals surface area contributed by atoms with Gasteiger partial charge in [0.05, 0.1) is 65.2 Å². The Bertz CT molecular complexity index is 430. The number of aliphatic hydroxyl groups excluding tert-OH is 4. The van der Waals surface area contributed by atoms with Crippen LogP contribution >= 0.6 is 0 Å². The van der Waals surface area contributed by atoms with Crippen LogP contribution in [0.25, 0.3) is 0 Å². The number of hydrogen-bond acceptors (Lipinski definition) is 11. The summed E-state index contributed by atoms with van der Waals surface area (Å²) in [7, 11) is 0. The van der Waals surface area contributed by atoms with Gasteiger partial charge < -0.3 is 50.2 Å². The highest BCUT2D eigenvalue weighted by Gasteiger charge is 2.15. The van der Waals surface area contributed by atoms with E-state index in [9.17, 15) is 4.79 Å². The molecular weight excluding hydrogens is 410 g/mol. The second-order valence-electron chi connectivity index (χ2n) is 7.43. The molecule has 0 heterocycles. The molecule has 184 valence electrons. The van der Waals surface area contributed by atoms with E-state index in [1.807, 2.05) is 0 Å². The highest BCUT2D eigenvalue weighted by molar-refractivity contribution is 5.48. The molecular formula is C20H41N3O8. The Morgan fingerprint density at radius 1 is 0.871 bits per heavy atom. The summed E-state index contributed by atoms with van der Waals surface area (Å²) in [6.07, 6.45) is 5.13. The summed E-state index contributed by atoms with van der Waals surface area (Å²) in [6, 6.07) is 0. The Labute approximate surface area is 184 Å². The molecule has 0 aromatic heterocycles. The van der Waals surface area contributed by atoms with Gasteiger partial charge in [0.2, 0.25) is 0 Å². The van der Waals surface area contributed by atoms with Crippen LogP contribution in [-0.4, -0.2) is 104 Å². The number of hydrogen-bond donors (Lipinski definition) is 6. The molecule has 0 saturated heterocycles. The summed E-state index contributed by atoms with van der Waals surface area (Å²) >= 11 is 0. The highest BCUT2D eigenvalue weighted by atomic mass is 16.6. The van der Waals surface area contributed by atoms with Gasteiger partial charge >= 0.3 is 0 Å². The van der Waals surface area contributed by atoms with E-state index < -0.39 is 6.10 Å². The second-order valence-corrected chi connectivity index (χ2v) is 7.43. The van der Waals surface area contributed by atoms with E-state index in [1.165, 1.54) is 5.01 Å². The molecule has 0 atom stereocenters. The summed E-state index contributed by atoms with van der Waals surface area (Å²) in [5.41, 5.74) is 6.38. The van der Waals surface area contributed by atoms with Gasteiger partial charge in [0.25, 0.3) is 0 Å². The standard InChI is InChI=1S/C20H41N3O8/c21-19(7-23(22)5-3-1-2-4-6-24)14-31-20(15-29-12-17(8-25)9-26)16-30-13-18(10-27)11-28/h6-7,17-18,20,25-28H,1-5,8-16,21-22H2/b19-7-. The van der Waals surface area contributed by atoms with E-state index in [-0.39, 0.29) is 71.3 Å². The Morgan fingerprint density at radius 2 is 1.42 bits per heavy atom.